The number of nitrogens with one attached hydrogen (secondary N) is 1. The maximum absolute atomic E-state index is 9.59. The van der Waals surface area contributed by atoms with E-state index in [1.54, 1.807) is 0 Å². The van der Waals surface area contributed by atoms with Gasteiger partial charge in [-0.3, -0.25) is 4.90 Å². The molecule has 1 aliphatic heterocycles. The van der Waals surface area contributed by atoms with E-state index in [0.29, 0.717) is 6.04 Å². The minimum absolute atomic E-state index is 0.572. The average Bonchev–Trinajstić information content (AvgIpc) is 2.32. The lowest BCUT2D eigenvalue weighted by molar-refractivity contribution is 0.0338. The predicted octanol–water partition coefficient (Wildman–Crippen LogP) is 0.0510. The van der Waals surface area contributed by atoms with Crippen molar-refractivity contribution in [2.75, 3.05) is 26.7 Å². The smallest absolute Gasteiger partial charge is 0.0718 e. The van der Waals surface area contributed by atoms with Crippen LogP contribution in [0.5, 0.6) is 0 Å². The lowest BCUT2D eigenvalue weighted by Gasteiger charge is -2.29. The van der Waals surface area contributed by atoms with Crippen LogP contribution >= 0.6 is 0 Å². The second-order valence-corrected chi connectivity index (χ2v) is 4.37. The van der Waals surface area contributed by atoms with Crippen LogP contribution in [-0.2, 0) is 0 Å². The van der Waals surface area contributed by atoms with E-state index >= 15 is 0 Å². The molecule has 1 atom stereocenters. The fourth-order valence-corrected chi connectivity index (χ4v) is 1.76. The summed E-state index contributed by atoms with van der Waals surface area (Å²) < 4.78 is 0. The van der Waals surface area contributed by atoms with Crippen LogP contribution in [0.3, 0.4) is 0 Å². The molecule has 1 heterocycles. The highest BCUT2D eigenvalue weighted by molar-refractivity contribution is 4.82. The summed E-state index contributed by atoms with van der Waals surface area (Å²) in [5, 5.41) is 12.9. The normalized spacial score (nSPS) is 25.2. The third kappa shape index (κ3) is 3.09. The molecule has 3 nitrogen and oxygen atoms in total. The molecule has 2 N–H and O–H groups in total. The van der Waals surface area contributed by atoms with Crippen LogP contribution in [0.2, 0.25) is 0 Å². The molecule has 0 spiro atoms. The highest BCUT2D eigenvalue weighted by Gasteiger charge is 2.23. The molecule has 0 bridgehead atoms. The van der Waals surface area contributed by atoms with E-state index in [4.69, 9.17) is 0 Å². The van der Waals surface area contributed by atoms with Crippen LogP contribution in [-0.4, -0.2) is 48.3 Å². The molecule has 0 saturated carbocycles. The van der Waals surface area contributed by atoms with Gasteiger partial charge in [-0.2, -0.15) is 0 Å². The molecule has 1 aliphatic rings. The van der Waals surface area contributed by atoms with Gasteiger partial charge in [0.05, 0.1) is 5.60 Å². The monoisotopic (exact) mass is 172 g/mol. The molecule has 72 valence electrons. The van der Waals surface area contributed by atoms with Crippen LogP contribution in [0.15, 0.2) is 0 Å². The molecule has 1 rings (SSSR count). The predicted molar refractivity (Wildman–Crippen MR) is 50.2 cm³/mol. The molecule has 0 amide bonds. The minimum Gasteiger partial charge on any atom is -0.389 e. The largest absolute Gasteiger partial charge is 0.389 e. The fourth-order valence-electron chi connectivity index (χ4n) is 1.76. The van der Waals surface area contributed by atoms with Crippen molar-refractivity contribution in [3.05, 3.63) is 0 Å². The zero-order chi connectivity index (χ0) is 9.19. The first-order valence-electron chi connectivity index (χ1n) is 4.62. The van der Waals surface area contributed by atoms with Gasteiger partial charge < -0.3 is 10.4 Å². The summed E-state index contributed by atoms with van der Waals surface area (Å²) in [5.41, 5.74) is -0.572. The maximum Gasteiger partial charge on any atom is 0.0718 e. The van der Waals surface area contributed by atoms with Crippen molar-refractivity contribution < 1.29 is 5.11 Å². The summed E-state index contributed by atoms with van der Waals surface area (Å²) in [6, 6.07) is 0.608. The Bertz CT molecular complexity index is 136. The average molecular weight is 172 g/mol. The first kappa shape index (κ1) is 9.96. The zero-order valence-corrected chi connectivity index (χ0v) is 8.30. The van der Waals surface area contributed by atoms with Gasteiger partial charge in [0.1, 0.15) is 0 Å². The van der Waals surface area contributed by atoms with E-state index in [9.17, 15) is 5.11 Å². The first-order valence-corrected chi connectivity index (χ1v) is 4.62. The van der Waals surface area contributed by atoms with Crippen molar-refractivity contribution in [1.82, 2.24) is 10.2 Å². The van der Waals surface area contributed by atoms with E-state index in [1.807, 2.05) is 13.8 Å². The van der Waals surface area contributed by atoms with Crippen molar-refractivity contribution in [3.8, 4) is 0 Å². The summed E-state index contributed by atoms with van der Waals surface area (Å²) in [5.74, 6) is 0. The Kier molecular flexibility index (Phi) is 3.09. The molecular formula is C9H20N2O. The Labute approximate surface area is 74.8 Å². The van der Waals surface area contributed by atoms with Crippen molar-refractivity contribution in [1.29, 1.82) is 0 Å². The zero-order valence-electron chi connectivity index (χ0n) is 8.30. The first-order chi connectivity index (χ1) is 5.49. The quantitative estimate of drug-likeness (QED) is 0.631. The van der Waals surface area contributed by atoms with Gasteiger partial charge in [-0.15, -0.1) is 0 Å². The Morgan fingerprint density at radius 2 is 2.25 bits per heavy atom. The van der Waals surface area contributed by atoms with Crippen LogP contribution < -0.4 is 5.32 Å². The van der Waals surface area contributed by atoms with E-state index in [1.165, 1.54) is 6.42 Å². The van der Waals surface area contributed by atoms with Crippen molar-refractivity contribution in [3.63, 3.8) is 0 Å². The molecular weight excluding hydrogens is 152 g/mol. The lowest BCUT2D eigenvalue weighted by atomic mass is 10.1. The molecule has 0 radical (unpaired) electrons. The topological polar surface area (TPSA) is 35.5 Å². The second-order valence-electron chi connectivity index (χ2n) is 4.37. The Morgan fingerprint density at radius 1 is 1.58 bits per heavy atom. The van der Waals surface area contributed by atoms with Gasteiger partial charge in [-0.1, -0.05) is 0 Å². The van der Waals surface area contributed by atoms with Crippen LogP contribution in [0.25, 0.3) is 0 Å². The molecule has 3 heteroatoms. The SMILES string of the molecule is CN(CC(C)(C)O)C1CCNC1. The van der Waals surface area contributed by atoms with E-state index < -0.39 is 5.60 Å². The lowest BCUT2D eigenvalue weighted by Crippen LogP contribution is -2.42. The third-order valence-corrected chi connectivity index (χ3v) is 2.29. The van der Waals surface area contributed by atoms with Gasteiger partial charge in [0.15, 0.2) is 0 Å². The molecule has 0 aromatic carbocycles. The highest BCUT2D eigenvalue weighted by Crippen LogP contribution is 2.10. The van der Waals surface area contributed by atoms with Crippen LogP contribution in [0.1, 0.15) is 20.3 Å². The number of likely N-dealkylation sites (N-methyl/N-ethyl adjacent to an activating group) is 1. The second kappa shape index (κ2) is 3.73. The molecule has 12 heavy (non-hydrogen) atoms. The standard InChI is InChI=1S/C9H20N2O/c1-9(2,12)7-11(3)8-4-5-10-6-8/h8,10,12H,4-7H2,1-3H3. The van der Waals surface area contributed by atoms with Crippen LogP contribution in [0, 0.1) is 0 Å². The fraction of sp³-hybridized carbons (Fsp3) is 1.00. The van der Waals surface area contributed by atoms with Crippen molar-refractivity contribution in [2.45, 2.75) is 31.9 Å². The van der Waals surface area contributed by atoms with Gasteiger partial charge in [0.25, 0.3) is 0 Å². The van der Waals surface area contributed by atoms with Gasteiger partial charge >= 0.3 is 0 Å². The van der Waals surface area contributed by atoms with Crippen molar-refractivity contribution >= 4 is 0 Å². The van der Waals surface area contributed by atoms with Gasteiger partial charge in [0, 0.05) is 19.1 Å². The van der Waals surface area contributed by atoms with E-state index in [0.717, 1.165) is 19.6 Å². The van der Waals surface area contributed by atoms with Gasteiger partial charge in [-0.05, 0) is 33.9 Å². The van der Waals surface area contributed by atoms with E-state index in [-0.39, 0.29) is 0 Å². The Morgan fingerprint density at radius 3 is 2.67 bits per heavy atom. The molecule has 0 aromatic heterocycles. The van der Waals surface area contributed by atoms with E-state index in [2.05, 4.69) is 17.3 Å². The minimum atomic E-state index is -0.572. The molecule has 1 saturated heterocycles. The number of hydrogen-bond donors (Lipinski definition) is 2. The summed E-state index contributed by atoms with van der Waals surface area (Å²) in [6.07, 6.45) is 1.20. The summed E-state index contributed by atoms with van der Waals surface area (Å²) in [4.78, 5) is 2.24. The number of nitrogens with zero attached hydrogens (tertiary/aromatic N) is 1. The summed E-state index contributed by atoms with van der Waals surface area (Å²) >= 11 is 0. The Balaban J connectivity index is 2.31. The molecule has 1 fully saturated rings. The van der Waals surface area contributed by atoms with Crippen LogP contribution in [0.4, 0.5) is 0 Å². The highest BCUT2D eigenvalue weighted by atomic mass is 16.3. The molecule has 0 aromatic rings. The van der Waals surface area contributed by atoms with Crippen molar-refractivity contribution in [2.24, 2.45) is 0 Å². The molecule has 1 unspecified atom stereocenters. The third-order valence-electron chi connectivity index (χ3n) is 2.29. The molecule has 0 aliphatic carbocycles. The van der Waals surface area contributed by atoms with Gasteiger partial charge in [0.2, 0.25) is 0 Å². The Hall–Kier alpha value is -0.120. The summed E-state index contributed by atoms with van der Waals surface area (Å²) in [6.45, 7) is 6.63. The van der Waals surface area contributed by atoms with Gasteiger partial charge in [-0.25, -0.2) is 0 Å². The maximum atomic E-state index is 9.59. The number of rotatable bonds is 3. The number of aliphatic hydroxyl groups is 1. The summed E-state index contributed by atoms with van der Waals surface area (Å²) in [7, 11) is 2.08. The number of hydrogen-bond acceptors (Lipinski definition) is 3.